The minimum Gasteiger partial charge on any atom is -0.508 e. The number of nitrogens with one attached hydrogen (secondary N) is 1. The topological polar surface area (TPSA) is 61.7 Å². The van der Waals surface area contributed by atoms with Crippen LogP contribution in [0.15, 0.2) is 40.9 Å². The first-order valence-electron chi connectivity index (χ1n) is 6.67. The number of hydrogen-bond donors (Lipinski definition) is 3. The van der Waals surface area contributed by atoms with Gasteiger partial charge >= 0.3 is 0 Å². The Kier molecular flexibility index (Phi) is 4.96. The number of halogens is 1. The zero-order chi connectivity index (χ0) is 15.4. The first-order chi connectivity index (χ1) is 10.0. The largest absolute Gasteiger partial charge is 0.508 e. The van der Waals surface area contributed by atoms with Crippen LogP contribution >= 0.6 is 15.9 Å². The van der Waals surface area contributed by atoms with Crippen LogP contribution in [-0.4, -0.2) is 17.3 Å². The molecule has 1 unspecified atom stereocenters. The van der Waals surface area contributed by atoms with E-state index in [0.29, 0.717) is 5.75 Å². The summed E-state index contributed by atoms with van der Waals surface area (Å²) in [4.78, 5) is 0. The van der Waals surface area contributed by atoms with Crippen molar-refractivity contribution in [2.45, 2.75) is 19.4 Å². The lowest BCUT2D eigenvalue weighted by atomic mass is 10.0. The van der Waals surface area contributed by atoms with E-state index < -0.39 is 0 Å². The molecule has 112 valence electrons. The third-order valence-corrected chi connectivity index (χ3v) is 3.79. The number of benzene rings is 2. The number of phenols is 2. The molecule has 4 nitrogen and oxygen atoms in total. The lowest BCUT2D eigenvalue weighted by molar-refractivity contribution is 0.373. The van der Waals surface area contributed by atoms with Gasteiger partial charge in [-0.2, -0.15) is 0 Å². The minimum atomic E-state index is -0.0599. The van der Waals surface area contributed by atoms with Gasteiger partial charge in [-0.15, -0.1) is 0 Å². The van der Waals surface area contributed by atoms with Gasteiger partial charge in [0, 0.05) is 21.8 Å². The summed E-state index contributed by atoms with van der Waals surface area (Å²) < 4.78 is 5.94. The molecule has 2 rings (SSSR count). The molecule has 0 aliphatic heterocycles. The van der Waals surface area contributed by atoms with Crippen molar-refractivity contribution < 1.29 is 14.9 Å². The number of phenolic OH excluding ortho intramolecular Hbond substituents is 2. The Hall–Kier alpha value is -1.88. The molecule has 2 aromatic carbocycles. The third kappa shape index (κ3) is 3.61. The van der Waals surface area contributed by atoms with Crippen LogP contribution in [0, 0.1) is 0 Å². The van der Waals surface area contributed by atoms with Crippen LogP contribution in [0.25, 0.3) is 0 Å². The van der Waals surface area contributed by atoms with E-state index in [1.54, 1.807) is 24.3 Å². The summed E-state index contributed by atoms with van der Waals surface area (Å²) in [6, 6.07) is 10.4. The predicted molar refractivity (Wildman–Crippen MR) is 87.1 cm³/mol. The normalized spacial score (nSPS) is 12.0. The molecular weight excluding hydrogens is 334 g/mol. The fourth-order valence-electron chi connectivity index (χ4n) is 2.19. The number of methoxy groups -OCH3 is 1. The van der Waals surface area contributed by atoms with Crippen LogP contribution < -0.4 is 10.1 Å². The molecule has 0 spiro atoms. The van der Waals surface area contributed by atoms with Crippen molar-refractivity contribution in [3.8, 4) is 17.2 Å². The molecule has 5 heteroatoms. The fraction of sp³-hybridized carbons (Fsp3) is 0.250. The molecule has 0 aliphatic rings. The van der Waals surface area contributed by atoms with Crippen LogP contribution in [0.1, 0.15) is 24.9 Å². The monoisotopic (exact) mass is 351 g/mol. The highest BCUT2D eigenvalue weighted by molar-refractivity contribution is 9.10. The summed E-state index contributed by atoms with van der Waals surface area (Å²) >= 11 is 3.41. The summed E-state index contributed by atoms with van der Waals surface area (Å²) in [5.74, 6) is 0.755. The molecule has 21 heavy (non-hydrogen) atoms. The molecule has 1 atom stereocenters. The average Bonchev–Trinajstić information content (AvgIpc) is 2.47. The van der Waals surface area contributed by atoms with Gasteiger partial charge < -0.3 is 20.3 Å². The Labute approximate surface area is 132 Å². The summed E-state index contributed by atoms with van der Waals surface area (Å²) in [7, 11) is 1.51. The van der Waals surface area contributed by atoms with Crippen molar-refractivity contribution in [1.82, 2.24) is 0 Å². The molecule has 0 bridgehead atoms. The van der Waals surface area contributed by atoms with Crippen molar-refractivity contribution in [2.24, 2.45) is 0 Å². The van der Waals surface area contributed by atoms with E-state index in [-0.39, 0.29) is 17.5 Å². The minimum absolute atomic E-state index is 0.0599. The lowest BCUT2D eigenvalue weighted by Crippen LogP contribution is -2.10. The van der Waals surface area contributed by atoms with Crippen molar-refractivity contribution in [2.75, 3.05) is 12.4 Å². The average molecular weight is 352 g/mol. The molecule has 0 saturated carbocycles. The molecule has 0 saturated heterocycles. The summed E-state index contributed by atoms with van der Waals surface area (Å²) in [6.45, 7) is 2.03. The Morgan fingerprint density at radius 1 is 1.14 bits per heavy atom. The van der Waals surface area contributed by atoms with Crippen molar-refractivity contribution >= 4 is 21.6 Å². The second kappa shape index (κ2) is 6.72. The molecule has 0 aromatic heterocycles. The van der Waals surface area contributed by atoms with E-state index in [1.807, 2.05) is 19.1 Å². The maximum absolute atomic E-state index is 10.0. The zero-order valence-electron chi connectivity index (χ0n) is 11.9. The van der Waals surface area contributed by atoms with Gasteiger partial charge in [0.25, 0.3) is 0 Å². The van der Waals surface area contributed by atoms with E-state index in [4.69, 9.17) is 4.74 Å². The molecule has 2 aromatic rings. The lowest BCUT2D eigenvalue weighted by Gasteiger charge is -2.20. The van der Waals surface area contributed by atoms with Gasteiger partial charge in [-0.05, 0) is 36.8 Å². The van der Waals surface area contributed by atoms with E-state index in [1.165, 1.54) is 7.11 Å². The molecule has 0 radical (unpaired) electrons. The van der Waals surface area contributed by atoms with E-state index >= 15 is 0 Å². The molecule has 0 amide bonds. The van der Waals surface area contributed by atoms with E-state index in [0.717, 1.165) is 22.1 Å². The summed E-state index contributed by atoms with van der Waals surface area (Å²) in [5, 5.41) is 23.2. The van der Waals surface area contributed by atoms with E-state index in [2.05, 4.69) is 21.2 Å². The number of hydrogen-bond acceptors (Lipinski definition) is 4. The smallest absolute Gasteiger partial charge is 0.160 e. The van der Waals surface area contributed by atoms with Gasteiger partial charge in [-0.1, -0.05) is 22.9 Å². The molecule has 0 heterocycles. The molecule has 0 fully saturated rings. The molecule has 0 aliphatic carbocycles. The van der Waals surface area contributed by atoms with Gasteiger partial charge in [0.05, 0.1) is 13.2 Å². The van der Waals surface area contributed by atoms with Crippen LogP contribution in [0.3, 0.4) is 0 Å². The van der Waals surface area contributed by atoms with Gasteiger partial charge in [0.1, 0.15) is 5.75 Å². The number of rotatable bonds is 5. The van der Waals surface area contributed by atoms with Crippen LogP contribution in [0.2, 0.25) is 0 Å². The van der Waals surface area contributed by atoms with Crippen LogP contribution in [-0.2, 0) is 0 Å². The Morgan fingerprint density at radius 2 is 1.90 bits per heavy atom. The highest BCUT2D eigenvalue weighted by atomic mass is 79.9. The fourth-order valence-corrected chi connectivity index (χ4v) is 2.56. The van der Waals surface area contributed by atoms with Crippen molar-refractivity contribution in [3.05, 3.63) is 46.4 Å². The Morgan fingerprint density at radius 3 is 2.52 bits per heavy atom. The second-order valence-corrected chi connectivity index (χ2v) is 5.61. The SMILES string of the molecule is CCC(Nc1ccc(OC)c(O)c1)c1cc(Br)ccc1O. The second-order valence-electron chi connectivity index (χ2n) is 4.69. The highest BCUT2D eigenvalue weighted by Gasteiger charge is 2.14. The van der Waals surface area contributed by atoms with Crippen molar-refractivity contribution in [3.63, 3.8) is 0 Å². The number of ether oxygens (including phenoxy) is 1. The Balaban J connectivity index is 2.26. The highest BCUT2D eigenvalue weighted by Crippen LogP contribution is 2.34. The number of aromatic hydroxyl groups is 2. The summed E-state index contributed by atoms with van der Waals surface area (Å²) in [5.41, 5.74) is 1.57. The van der Waals surface area contributed by atoms with Gasteiger partial charge in [0.15, 0.2) is 11.5 Å². The van der Waals surface area contributed by atoms with Crippen LogP contribution in [0.5, 0.6) is 17.2 Å². The number of anilines is 1. The van der Waals surface area contributed by atoms with Gasteiger partial charge in [0.2, 0.25) is 0 Å². The van der Waals surface area contributed by atoms with E-state index in [9.17, 15) is 10.2 Å². The standard InChI is InChI=1S/C16H18BrNO3/c1-3-13(12-8-10(17)4-6-14(12)19)18-11-5-7-16(21-2)15(20)9-11/h4-9,13,18-20H,3H2,1-2H3. The third-order valence-electron chi connectivity index (χ3n) is 3.29. The molecular formula is C16H18BrNO3. The maximum Gasteiger partial charge on any atom is 0.160 e. The van der Waals surface area contributed by atoms with Gasteiger partial charge in [-0.3, -0.25) is 0 Å². The predicted octanol–water partition coefficient (Wildman–Crippen LogP) is 4.43. The zero-order valence-corrected chi connectivity index (χ0v) is 13.5. The van der Waals surface area contributed by atoms with Gasteiger partial charge in [-0.25, -0.2) is 0 Å². The first-order valence-corrected chi connectivity index (χ1v) is 7.46. The quantitative estimate of drug-likeness (QED) is 0.745. The maximum atomic E-state index is 10.0. The summed E-state index contributed by atoms with van der Waals surface area (Å²) in [6.07, 6.45) is 0.788. The van der Waals surface area contributed by atoms with Crippen molar-refractivity contribution in [1.29, 1.82) is 0 Å². The first kappa shape index (κ1) is 15.5. The van der Waals surface area contributed by atoms with Crippen LogP contribution in [0.4, 0.5) is 5.69 Å². The Bertz CT molecular complexity index is 631. The molecule has 3 N–H and O–H groups in total.